The van der Waals surface area contributed by atoms with Crippen molar-refractivity contribution in [2.24, 2.45) is 27.5 Å². The van der Waals surface area contributed by atoms with E-state index < -0.39 is 0 Å². The van der Waals surface area contributed by atoms with E-state index >= 15 is 0 Å². The topological polar surface area (TPSA) is 223 Å². The van der Waals surface area contributed by atoms with Crippen LogP contribution in [0.2, 0.25) is 0 Å². The van der Waals surface area contributed by atoms with E-state index in [-0.39, 0.29) is 11.8 Å². The molecule has 6 rings (SSSR count). The summed E-state index contributed by atoms with van der Waals surface area (Å²) in [7, 11) is 7.39. The number of quaternary nitrogens is 1. The van der Waals surface area contributed by atoms with Crippen LogP contribution >= 0.6 is 0 Å². The second kappa shape index (κ2) is 19.4. The van der Waals surface area contributed by atoms with Gasteiger partial charge in [0.15, 0.2) is 0 Å². The van der Waals surface area contributed by atoms with Gasteiger partial charge in [0, 0.05) is 78.4 Å². The molecule has 0 bridgehead atoms. The minimum atomic E-state index is -0.119. The third-order valence-electron chi connectivity index (χ3n) is 10.3. The SMILES string of the molecule is CN(C=C[NH2+]CCCN(C)C(=O)c1ccc(C(=O)N(C)CCCn2cc[n+](C)c2N=Nc2cc(N)c(N)c3ccccc23)cc1)CN=Nc1cc(N)c(N)c2ccccc12. The highest BCUT2D eigenvalue weighted by atomic mass is 16.2. The average Bonchev–Trinajstić information content (AvgIpc) is 3.61. The summed E-state index contributed by atoms with van der Waals surface area (Å²) in [6.45, 7) is 2.89. The summed E-state index contributed by atoms with van der Waals surface area (Å²) in [6.07, 6.45) is 9.23. The molecule has 0 atom stereocenters. The van der Waals surface area contributed by atoms with E-state index in [1.54, 1.807) is 60.3 Å². The van der Waals surface area contributed by atoms with E-state index in [2.05, 4.69) is 25.8 Å². The van der Waals surface area contributed by atoms with Gasteiger partial charge in [-0.25, -0.2) is 9.13 Å². The van der Waals surface area contributed by atoms with Crippen LogP contribution in [0.3, 0.4) is 0 Å². The number of hydrogen-bond acceptors (Lipinski definition) is 11. The van der Waals surface area contributed by atoms with Gasteiger partial charge < -0.3 is 43.0 Å². The van der Waals surface area contributed by atoms with Crippen molar-refractivity contribution >= 4 is 73.4 Å². The van der Waals surface area contributed by atoms with Crippen molar-refractivity contribution in [1.82, 2.24) is 19.3 Å². The van der Waals surface area contributed by atoms with Crippen LogP contribution in [0.4, 0.5) is 40.1 Å². The van der Waals surface area contributed by atoms with E-state index in [1.165, 1.54) is 0 Å². The Morgan fingerprint density at radius 3 is 1.80 bits per heavy atom. The van der Waals surface area contributed by atoms with E-state index in [4.69, 9.17) is 22.9 Å². The number of benzene rings is 5. The van der Waals surface area contributed by atoms with Gasteiger partial charge in [0.2, 0.25) is 0 Å². The van der Waals surface area contributed by atoms with Crippen LogP contribution in [0.15, 0.2) is 130 Å². The van der Waals surface area contributed by atoms with Crippen molar-refractivity contribution in [2.45, 2.75) is 19.4 Å². The molecular formula is C44H54N14O2+2. The van der Waals surface area contributed by atoms with Crippen LogP contribution in [0.25, 0.3) is 21.5 Å². The van der Waals surface area contributed by atoms with Crippen molar-refractivity contribution in [2.75, 3.05) is 70.4 Å². The highest BCUT2D eigenvalue weighted by Gasteiger charge is 2.18. The van der Waals surface area contributed by atoms with Crippen molar-refractivity contribution in [3.8, 4) is 0 Å². The fraction of sp³-hybridized carbons (Fsp3) is 0.250. The van der Waals surface area contributed by atoms with Crippen LogP contribution in [-0.2, 0) is 13.6 Å². The van der Waals surface area contributed by atoms with Gasteiger partial charge in [-0.3, -0.25) is 9.59 Å². The predicted molar refractivity (Wildman–Crippen MR) is 238 cm³/mol. The maximum atomic E-state index is 13.3. The summed E-state index contributed by atoms with van der Waals surface area (Å²) in [6, 6.07) is 25.7. The zero-order valence-electron chi connectivity index (χ0n) is 34.6. The quantitative estimate of drug-likeness (QED) is 0.0334. The second-order valence-electron chi connectivity index (χ2n) is 14.7. The Morgan fingerprint density at radius 2 is 1.23 bits per heavy atom. The zero-order valence-corrected chi connectivity index (χ0v) is 34.6. The molecule has 0 saturated carbocycles. The molecule has 1 heterocycles. The van der Waals surface area contributed by atoms with E-state index in [0.717, 1.165) is 34.5 Å². The highest BCUT2D eigenvalue weighted by molar-refractivity contribution is 6.05. The van der Waals surface area contributed by atoms with E-state index in [1.807, 2.05) is 101 Å². The van der Waals surface area contributed by atoms with E-state index in [0.29, 0.717) is 83.9 Å². The van der Waals surface area contributed by atoms with Crippen LogP contribution in [0.1, 0.15) is 33.6 Å². The zero-order chi connectivity index (χ0) is 42.8. The molecule has 1 aromatic heterocycles. The Kier molecular flexibility index (Phi) is 13.7. The maximum absolute atomic E-state index is 13.3. The number of imidazole rings is 1. The van der Waals surface area contributed by atoms with Crippen LogP contribution < -0.4 is 32.8 Å². The lowest BCUT2D eigenvalue weighted by molar-refractivity contribution is -0.657. The van der Waals surface area contributed by atoms with Gasteiger partial charge in [0.05, 0.1) is 67.2 Å². The van der Waals surface area contributed by atoms with Crippen LogP contribution in [0, 0.1) is 0 Å². The lowest BCUT2D eigenvalue weighted by Crippen LogP contribution is -2.78. The number of nitrogen functional groups attached to an aromatic ring is 4. The Bertz CT molecular complexity index is 2560. The molecule has 10 N–H and O–H groups in total. The second-order valence-corrected chi connectivity index (χ2v) is 14.7. The Labute approximate surface area is 349 Å². The molecule has 6 aromatic rings. The number of rotatable bonds is 17. The summed E-state index contributed by atoms with van der Waals surface area (Å²) in [5.74, 6) is 0.435. The van der Waals surface area contributed by atoms with Crippen molar-refractivity contribution in [3.63, 3.8) is 0 Å². The summed E-state index contributed by atoms with van der Waals surface area (Å²) >= 11 is 0. The Balaban J connectivity index is 0.912. The Morgan fingerprint density at radius 1 is 0.717 bits per heavy atom. The largest absolute Gasteiger partial charge is 0.421 e. The number of amides is 2. The number of nitrogens with zero attached hydrogens (tertiary/aromatic N) is 9. The summed E-state index contributed by atoms with van der Waals surface area (Å²) in [5, 5.41) is 23.3. The molecule has 310 valence electrons. The molecule has 0 spiro atoms. The first-order valence-corrected chi connectivity index (χ1v) is 19.7. The lowest BCUT2D eigenvalue weighted by Gasteiger charge is -2.18. The van der Waals surface area contributed by atoms with Gasteiger partial charge in [-0.2, -0.15) is 10.2 Å². The standard InChI is InChI=1S/C44H52N14O2/c1-54(29-50-51-38-27-36(45)40(47)34-13-7-5-11-32(34)38)24-20-49-19-9-21-55(2)42(59)30-15-17-31(18-16-30)43(60)56(3)22-10-23-58-26-25-57(4)44(58)53-52-39-28-37(46)41(48)35-14-8-6-12-33(35)39/h5-8,11-18,20,24-28,49H,9-10,19,21-23,29H2,1-4H3,(H7,45,46,47,48,50,51,52,59,60)/p+2. The summed E-state index contributed by atoms with van der Waals surface area (Å²) in [5.41, 5.74) is 28.9. The number of aryl methyl sites for hydroxylation is 2. The van der Waals surface area contributed by atoms with Gasteiger partial charge in [0.1, 0.15) is 18.6 Å². The molecule has 0 unspecified atom stereocenters. The summed E-state index contributed by atoms with van der Waals surface area (Å²) < 4.78 is 3.88. The van der Waals surface area contributed by atoms with Gasteiger partial charge in [-0.1, -0.05) is 53.6 Å². The van der Waals surface area contributed by atoms with Crippen molar-refractivity contribution < 1.29 is 19.5 Å². The maximum Gasteiger partial charge on any atom is 0.421 e. The van der Waals surface area contributed by atoms with Crippen LogP contribution in [0.5, 0.6) is 0 Å². The fourth-order valence-electron chi connectivity index (χ4n) is 6.76. The van der Waals surface area contributed by atoms with Crippen molar-refractivity contribution in [1.29, 1.82) is 0 Å². The third-order valence-corrected chi connectivity index (χ3v) is 10.3. The van der Waals surface area contributed by atoms with Gasteiger partial charge in [-0.15, -0.1) is 0 Å². The number of nitrogens with two attached hydrogens (primary N) is 5. The molecule has 0 aliphatic carbocycles. The molecule has 60 heavy (non-hydrogen) atoms. The summed E-state index contributed by atoms with van der Waals surface area (Å²) in [4.78, 5) is 31.7. The van der Waals surface area contributed by atoms with E-state index in [9.17, 15) is 9.59 Å². The minimum absolute atomic E-state index is 0.0977. The van der Waals surface area contributed by atoms with Gasteiger partial charge in [0.25, 0.3) is 11.8 Å². The molecular weight excluding hydrogens is 757 g/mol. The van der Waals surface area contributed by atoms with Gasteiger partial charge in [-0.05, 0) is 42.8 Å². The first-order valence-electron chi connectivity index (χ1n) is 19.7. The number of fused-ring (bicyclic) bond motifs is 2. The number of aromatic nitrogens is 2. The molecule has 0 radical (unpaired) electrons. The molecule has 5 aromatic carbocycles. The number of carbonyl (C=O) groups excluding carboxylic acids is 2. The molecule has 16 heteroatoms. The molecule has 0 fully saturated rings. The molecule has 0 aliphatic heterocycles. The predicted octanol–water partition coefficient (Wildman–Crippen LogP) is 5.70. The highest BCUT2D eigenvalue weighted by Crippen LogP contribution is 2.36. The fourth-order valence-corrected chi connectivity index (χ4v) is 6.76. The molecule has 2 amide bonds. The monoisotopic (exact) mass is 810 g/mol. The first kappa shape index (κ1) is 42.3. The minimum Gasteiger partial charge on any atom is -0.397 e. The normalized spacial score (nSPS) is 11.7. The number of carbonyl (C=O) groups is 2. The average molecular weight is 811 g/mol. The van der Waals surface area contributed by atoms with Crippen LogP contribution in [-0.4, -0.2) is 78.5 Å². The smallest absolute Gasteiger partial charge is 0.397 e. The van der Waals surface area contributed by atoms with Gasteiger partial charge >= 0.3 is 5.95 Å². The molecule has 0 saturated heterocycles. The lowest BCUT2D eigenvalue weighted by atomic mass is 10.1. The first-order chi connectivity index (χ1) is 28.9. The number of anilines is 4. The number of azo groups is 2. The number of hydrogen-bond donors (Lipinski definition) is 5. The molecule has 16 nitrogen and oxygen atoms in total. The van der Waals surface area contributed by atoms with Crippen molar-refractivity contribution in [3.05, 3.63) is 121 Å². The Hall–Kier alpha value is -7.33. The molecule has 0 aliphatic rings. The third kappa shape index (κ3) is 10.0.